The Morgan fingerprint density at radius 3 is 2.29 bits per heavy atom. The van der Waals surface area contributed by atoms with E-state index in [0.717, 1.165) is 6.42 Å². The minimum Gasteiger partial charge on any atom is -0.366 e. The summed E-state index contributed by atoms with van der Waals surface area (Å²) in [6.45, 7) is 2.72. The van der Waals surface area contributed by atoms with Crippen LogP contribution in [0.2, 0.25) is 0 Å². The highest BCUT2D eigenvalue weighted by Crippen LogP contribution is 2.48. The summed E-state index contributed by atoms with van der Waals surface area (Å²) in [4.78, 5) is 16.7. The van der Waals surface area contributed by atoms with Gasteiger partial charge in [-0.05, 0) is 30.0 Å². The van der Waals surface area contributed by atoms with Crippen LogP contribution in [0.1, 0.15) is 17.9 Å². The van der Waals surface area contributed by atoms with Crippen molar-refractivity contribution in [2.24, 2.45) is 5.92 Å². The lowest BCUT2D eigenvalue weighted by atomic mass is 10.1. The Bertz CT molecular complexity index is 725. The van der Waals surface area contributed by atoms with Crippen LogP contribution in [0.25, 0.3) is 0 Å². The topological polar surface area (TPSA) is 23.6 Å². The number of piperazine rings is 1. The lowest BCUT2D eigenvalue weighted by Gasteiger charge is -2.36. The molecular weight excluding hydrogens is 303 g/mol. The van der Waals surface area contributed by atoms with Gasteiger partial charge in [-0.1, -0.05) is 42.5 Å². The zero-order valence-corrected chi connectivity index (χ0v) is 13.6. The smallest absolute Gasteiger partial charge is 0.226 e. The summed E-state index contributed by atoms with van der Waals surface area (Å²) < 4.78 is 13.9. The fourth-order valence-corrected chi connectivity index (χ4v) is 3.65. The lowest BCUT2D eigenvalue weighted by molar-refractivity contribution is -0.132. The quantitative estimate of drug-likeness (QED) is 0.865. The summed E-state index contributed by atoms with van der Waals surface area (Å²) in [7, 11) is 0. The van der Waals surface area contributed by atoms with Gasteiger partial charge in [0.25, 0.3) is 0 Å². The zero-order valence-electron chi connectivity index (χ0n) is 13.6. The number of carbonyl (C=O) groups excluding carboxylic acids is 1. The predicted molar refractivity (Wildman–Crippen MR) is 92.5 cm³/mol. The Morgan fingerprint density at radius 2 is 1.58 bits per heavy atom. The van der Waals surface area contributed by atoms with Gasteiger partial charge in [0.2, 0.25) is 5.91 Å². The number of para-hydroxylation sites is 1. The van der Waals surface area contributed by atoms with E-state index in [0.29, 0.717) is 37.8 Å². The van der Waals surface area contributed by atoms with Gasteiger partial charge in [-0.25, -0.2) is 4.39 Å². The Kier molecular flexibility index (Phi) is 3.97. The summed E-state index contributed by atoms with van der Waals surface area (Å²) in [5, 5.41) is 0. The third-order valence-electron chi connectivity index (χ3n) is 5.12. The van der Waals surface area contributed by atoms with Crippen LogP contribution >= 0.6 is 0 Å². The van der Waals surface area contributed by atoms with Gasteiger partial charge in [0.15, 0.2) is 0 Å². The van der Waals surface area contributed by atoms with Gasteiger partial charge in [0.05, 0.1) is 5.69 Å². The van der Waals surface area contributed by atoms with Crippen molar-refractivity contribution in [3.8, 4) is 0 Å². The van der Waals surface area contributed by atoms with E-state index in [9.17, 15) is 9.18 Å². The summed E-state index contributed by atoms with van der Waals surface area (Å²) >= 11 is 0. The molecule has 1 heterocycles. The van der Waals surface area contributed by atoms with E-state index >= 15 is 0 Å². The summed E-state index contributed by atoms with van der Waals surface area (Å²) in [6, 6.07) is 17.1. The molecule has 2 fully saturated rings. The van der Waals surface area contributed by atoms with Crippen LogP contribution in [0.4, 0.5) is 10.1 Å². The monoisotopic (exact) mass is 324 g/mol. The van der Waals surface area contributed by atoms with Crippen LogP contribution in [-0.4, -0.2) is 37.0 Å². The molecule has 2 aromatic rings. The number of carbonyl (C=O) groups is 1. The molecule has 1 amide bonds. The van der Waals surface area contributed by atoms with Crippen molar-refractivity contribution in [1.29, 1.82) is 0 Å². The SMILES string of the molecule is O=C([C@H]1C[C@@H]1c1ccccc1)N1CCN(c2ccccc2F)CC1. The van der Waals surface area contributed by atoms with Crippen molar-refractivity contribution in [2.45, 2.75) is 12.3 Å². The molecule has 1 aliphatic heterocycles. The standard InChI is InChI=1S/C20H21FN2O/c21-18-8-4-5-9-19(18)22-10-12-23(13-11-22)20(24)17-14-16(17)15-6-2-1-3-7-15/h1-9,16-17H,10-14H2/t16-,17+/m1/s1. The summed E-state index contributed by atoms with van der Waals surface area (Å²) in [5.41, 5.74) is 1.90. The number of benzene rings is 2. The first-order valence-electron chi connectivity index (χ1n) is 8.57. The van der Waals surface area contributed by atoms with E-state index in [1.807, 2.05) is 34.1 Å². The number of hydrogen-bond donors (Lipinski definition) is 0. The first kappa shape index (κ1) is 15.2. The number of amides is 1. The summed E-state index contributed by atoms with van der Waals surface area (Å²) in [6.07, 6.45) is 0.955. The first-order chi connectivity index (χ1) is 11.7. The van der Waals surface area contributed by atoms with Gasteiger partial charge in [-0.3, -0.25) is 4.79 Å². The van der Waals surface area contributed by atoms with Crippen LogP contribution in [-0.2, 0) is 4.79 Å². The number of anilines is 1. The van der Waals surface area contributed by atoms with Crippen molar-refractivity contribution < 1.29 is 9.18 Å². The fourth-order valence-electron chi connectivity index (χ4n) is 3.65. The molecule has 4 rings (SSSR count). The minimum atomic E-state index is -0.191. The molecule has 0 unspecified atom stereocenters. The van der Waals surface area contributed by atoms with E-state index in [2.05, 4.69) is 12.1 Å². The third-order valence-corrected chi connectivity index (χ3v) is 5.12. The third kappa shape index (κ3) is 2.88. The highest BCUT2D eigenvalue weighted by molar-refractivity contribution is 5.83. The van der Waals surface area contributed by atoms with Crippen LogP contribution < -0.4 is 4.90 Å². The predicted octanol–water partition coefficient (Wildman–Crippen LogP) is 3.28. The molecule has 4 heteroatoms. The number of nitrogens with zero attached hydrogens (tertiary/aromatic N) is 2. The van der Waals surface area contributed by atoms with Crippen LogP contribution in [0, 0.1) is 11.7 Å². The van der Waals surface area contributed by atoms with Crippen molar-refractivity contribution in [3.05, 3.63) is 66.0 Å². The number of halogens is 1. The average molecular weight is 324 g/mol. The normalized spacial score (nSPS) is 23.2. The molecule has 0 N–H and O–H groups in total. The van der Waals surface area contributed by atoms with Gasteiger partial charge >= 0.3 is 0 Å². The fraction of sp³-hybridized carbons (Fsp3) is 0.350. The molecule has 1 saturated carbocycles. The van der Waals surface area contributed by atoms with Gasteiger partial charge in [0, 0.05) is 32.1 Å². The molecule has 1 saturated heterocycles. The maximum Gasteiger partial charge on any atom is 0.226 e. The molecule has 2 aromatic carbocycles. The largest absolute Gasteiger partial charge is 0.366 e. The van der Waals surface area contributed by atoms with E-state index in [-0.39, 0.29) is 17.6 Å². The molecular formula is C20H21FN2O. The van der Waals surface area contributed by atoms with Crippen molar-refractivity contribution in [2.75, 3.05) is 31.1 Å². The Labute approximate surface area is 141 Å². The molecule has 0 spiro atoms. The Morgan fingerprint density at radius 1 is 0.917 bits per heavy atom. The van der Waals surface area contributed by atoms with Crippen molar-refractivity contribution >= 4 is 11.6 Å². The zero-order chi connectivity index (χ0) is 16.5. The highest BCUT2D eigenvalue weighted by atomic mass is 19.1. The number of rotatable bonds is 3. The molecule has 0 bridgehead atoms. The first-order valence-corrected chi connectivity index (χ1v) is 8.57. The molecule has 24 heavy (non-hydrogen) atoms. The minimum absolute atomic E-state index is 0.132. The highest BCUT2D eigenvalue weighted by Gasteiger charge is 2.46. The van der Waals surface area contributed by atoms with Gasteiger partial charge in [0.1, 0.15) is 5.82 Å². The second-order valence-corrected chi connectivity index (χ2v) is 6.62. The van der Waals surface area contributed by atoms with Gasteiger partial charge < -0.3 is 9.80 Å². The molecule has 0 radical (unpaired) electrons. The number of hydrogen-bond acceptors (Lipinski definition) is 2. The van der Waals surface area contributed by atoms with Crippen LogP contribution in [0.5, 0.6) is 0 Å². The molecule has 1 aliphatic carbocycles. The molecule has 0 aromatic heterocycles. The van der Waals surface area contributed by atoms with Gasteiger partial charge in [-0.15, -0.1) is 0 Å². The summed E-state index contributed by atoms with van der Waals surface area (Å²) in [5.74, 6) is 0.580. The molecule has 3 nitrogen and oxygen atoms in total. The van der Waals surface area contributed by atoms with E-state index in [4.69, 9.17) is 0 Å². The van der Waals surface area contributed by atoms with Gasteiger partial charge in [-0.2, -0.15) is 0 Å². The average Bonchev–Trinajstić information content (AvgIpc) is 3.43. The van der Waals surface area contributed by atoms with Crippen LogP contribution in [0.3, 0.4) is 0 Å². The maximum atomic E-state index is 13.9. The van der Waals surface area contributed by atoms with E-state index in [1.54, 1.807) is 12.1 Å². The second kappa shape index (κ2) is 6.27. The van der Waals surface area contributed by atoms with Crippen LogP contribution in [0.15, 0.2) is 54.6 Å². The molecule has 124 valence electrons. The Hall–Kier alpha value is -2.36. The lowest BCUT2D eigenvalue weighted by Crippen LogP contribution is -2.49. The van der Waals surface area contributed by atoms with Crippen molar-refractivity contribution in [3.63, 3.8) is 0 Å². The molecule has 2 aliphatic rings. The maximum absolute atomic E-state index is 13.9. The van der Waals surface area contributed by atoms with Crippen molar-refractivity contribution in [1.82, 2.24) is 4.90 Å². The molecule has 2 atom stereocenters. The Balaban J connectivity index is 1.35. The van der Waals surface area contributed by atoms with E-state index < -0.39 is 0 Å². The van der Waals surface area contributed by atoms with E-state index in [1.165, 1.54) is 11.6 Å². The second-order valence-electron chi connectivity index (χ2n) is 6.62.